The summed E-state index contributed by atoms with van der Waals surface area (Å²) < 4.78 is 5.71. The second kappa shape index (κ2) is 7.75. The van der Waals surface area contributed by atoms with Crippen LogP contribution in [0.2, 0.25) is 0 Å². The smallest absolute Gasteiger partial charge is 0.336 e. The number of aliphatic hydroxyl groups excluding tert-OH is 1. The van der Waals surface area contributed by atoms with E-state index in [0.29, 0.717) is 43.5 Å². The molecule has 5 aliphatic rings. The van der Waals surface area contributed by atoms with Crippen LogP contribution in [0.5, 0.6) is 0 Å². The molecule has 0 radical (unpaired) electrons. The fraction of sp³-hybridized carbons (Fsp3) is 0.786. The fourth-order valence-corrected chi connectivity index (χ4v) is 8.90. The number of fused-ring (bicyclic) bond motifs is 5. The SMILES string of the molecule is CC1=C(CO)C(=O)O[C@@H]([C@@H](C)[C@@]2(O)CC[C@@]3(O)[C@@H]4CC=C5CCCC(=O)[C@]5(C)[C@H]4CC[C@]32C)C1. The predicted molar refractivity (Wildman–Crippen MR) is 127 cm³/mol. The third kappa shape index (κ3) is 2.85. The zero-order valence-corrected chi connectivity index (χ0v) is 21.0. The number of esters is 1. The molecule has 3 N–H and O–H groups in total. The second-order valence-electron chi connectivity index (χ2n) is 12.2. The first-order chi connectivity index (χ1) is 15.9. The summed E-state index contributed by atoms with van der Waals surface area (Å²) in [7, 11) is 0. The van der Waals surface area contributed by atoms with Crippen molar-refractivity contribution in [3.63, 3.8) is 0 Å². The standard InChI is InChI=1S/C28H40O6/c1-16-14-22(34-24(31)19(16)15-29)17(2)27(32)12-13-28(33)21-9-8-18-6-5-7-23(30)26(18,4)20(21)10-11-25(27,28)3/h8,17,20-22,29,32-33H,5-7,9-15H2,1-4H3/t17-,20+,21-,22-,25+,26+,27+,28-/m1/s1. The molecule has 4 aliphatic carbocycles. The van der Waals surface area contributed by atoms with Crippen molar-refractivity contribution in [3.05, 3.63) is 22.8 Å². The van der Waals surface area contributed by atoms with Crippen LogP contribution in [0.4, 0.5) is 0 Å². The molecule has 8 atom stereocenters. The fourth-order valence-electron chi connectivity index (χ4n) is 8.90. The lowest BCUT2D eigenvalue weighted by Crippen LogP contribution is -2.66. The molecule has 1 aliphatic heterocycles. The van der Waals surface area contributed by atoms with Gasteiger partial charge in [-0.2, -0.15) is 0 Å². The Morgan fingerprint density at radius 1 is 1.12 bits per heavy atom. The van der Waals surface area contributed by atoms with E-state index >= 15 is 0 Å². The minimum absolute atomic E-state index is 0.0696. The van der Waals surface area contributed by atoms with Gasteiger partial charge in [0.25, 0.3) is 0 Å². The molecule has 6 nitrogen and oxygen atoms in total. The summed E-state index contributed by atoms with van der Waals surface area (Å²) in [6, 6.07) is 0. The van der Waals surface area contributed by atoms with E-state index in [0.717, 1.165) is 31.3 Å². The molecule has 1 heterocycles. The van der Waals surface area contributed by atoms with Gasteiger partial charge in [0.2, 0.25) is 0 Å². The highest BCUT2D eigenvalue weighted by molar-refractivity contribution is 5.90. The lowest BCUT2D eigenvalue weighted by molar-refractivity contribution is -0.233. The molecule has 34 heavy (non-hydrogen) atoms. The van der Waals surface area contributed by atoms with Gasteiger partial charge in [-0.1, -0.05) is 31.1 Å². The Labute approximate surface area is 202 Å². The number of Topliss-reactive ketones (excluding diaryl/α,β-unsaturated/α-hetero) is 1. The first-order valence-corrected chi connectivity index (χ1v) is 13.1. The quantitative estimate of drug-likeness (QED) is 0.428. The zero-order valence-electron chi connectivity index (χ0n) is 21.0. The molecule has 3 fully saturated rings. The van der Waals surface area contributed by atoms with Crippen LogP contribution in [-0.4, -0.2) is 51.0 Å². The first-order valence-electron chi connectivity index (χ1n) is 13.1. The topological polar surface area (TPSA) is 104 Å². The van der Waals surface area contributed by atoms with Gasteiger partial charge < -0.3 is 20.1 Å². The van der Waals surface area contributed by atoms with Crippen molar-refractivity contribution in [1.29, 1.82) is 0 Å². The summed E-state index contributed by atoms with van der Waals surface area (Å²) in [5, 5.41) is 34.2. The Hall–Kier alpha value is -1.50. The van der Waals surface area contributed by atoms with E-state index in [4.69, 9.17) is 4.74 Å². The van der Waals surface area contributed by atoms with Crippen molar-refractivity contribution in [1.82, 2.24) is 0 Å². The molecule has 3 saturated carbocycles. The minimum Gasteiger partial charge on any atom is -0.458 e. The number of cyclic esters (lactones) is 1. The number of carbonyl (C=O) groups is 2. The number of hydrogen-bond acceptors (Lipinski definition) is 6. The molecule has 0 aromatic carbocycles. The third-order valence-corrected chi connectivity index (χ3v) is 11.3. The van der Waals surface area contributed by atoms with Crippen LogP contribution in [0.15, 0.2) is 22.8 Å². The molecule has 0 aromatic rings. The summed E-state index contributed by atoms with van der Waals surface area (Å²) in [6.07, 6.45) is 7.81. The average molecular weight is 473 g/mol. The number of allylic oxidation sites excluding steroid dienone is 2. The number of aliphatic hydroxyl groups is 3. The highest BCUT2D eigenvalue weighted by Crippen LogP contribution is 2.69. The van der Waals surface area contributed by atoms with Gasteiger partial charge in [-0.3, -0.25) is 4.79 Å². The summed E-state index contributed by atoms with van der Waals surface area (Å²) in [5.41, 5.74) is -1.17. The Kier molecular flexibility index (Phi) is 5.52. The summed E-state index contributed by atoms with van der Waals surface area (Å²) in [6.45, 7) is 7.54. The van der Waals surface area contributed by atoms with E-state index < -0.39 is 34.1 Å². The van der Waals surface area contributed by atoms with E-state index in [1.807, 2.05) is 20.8 Å². The molecule has 6 heteroatoms. The molecule has 0 aromatic heterocycles. The van der Waals surface area contributed by atoms with Crippen LogP contribution < -0.4 is 0 Å². The van der Waals surface area contributed by atoms with Crippen LogP contribution in [0.25, 0.3) is 0 Å². The minimum atomic E-state index is -1.20. The van der Waals surface area contributed by atoms with E-state index in [1.54, 1.807) is 0 Å². The maximum absolute atomic E-state index is 13.2. The van der Waals surface area contributed by atoms with Crippen LogP contribution >= 0.6 is 0 Å². The Bertz CT molecular complexity index is 981. The normalized spacial score (nSPS) is 47.4. The monoisotopic (exact) mass is 472 g/mol. The molecule has 0 bridgehead atoms. The van der Waals surface area contributed by atoms with Gasteiger partial charge in [-0.25, -0.2) is 4.79 Å². The van der Waals surface area contributed by atoms with Gasteiger partial charge in [0.15, 0.2) is 0 Å². The van der Waals surface area contributed by atoms with Crippen LogP contribution in [-0.2, 0) is 14.3 Å². The van der Waals surface area contributed by atoms with E-state index in [2.05, 4.69) is 13.0 Å². The summed E-state index contributed by atoms with van der Waals surface area (Å²) in [4.78, 5) is 25.7. The highest BCUT2D eigenvalue weighted by atomic mass is 16.5. The largest absolute Gasteiger partial charge is 0.458 e. The summed E-state index contributed by atoms with van der Waals surface area (Å²) in [5.74, 6) is -0.545. The first kappa shape index (κ1) is 24.2. The lowest BCUT2D eigenvalue weighted by atomic mass is 9.44. The molecule has 0 unspecified atom stereocenters. The predicted octanol–water partition coefficient (Wildman–Crippen LogP) is 3.62. The van der Waals surface area contributed by atoms with Gasteiger partial charge in [0.1, 0.15) is 11.9 Å². The van der Waals surface area contributed by atoms with Crippen LogP contribution in [0.1, 0.15) is 85.5 Å². The average Bonchev–Trinajstić information content (AvgIpc) is 3.01. The number of ketones is 1. The van der Waals surface area contributed by atoms with E-state index in [-0.39, 0.29) is 24.4 Å². The highest BCUT2D eigenvalue weighted by Gasteiger charge is 2.73. The number of rotatable bonds is 3. The molecule has 0 saturated heterocycles. The Morgan fingerprint density at radius 2 is 1.85 bits per heavy atom. The molecular weight excluding hydrogens is 432 g/mol. The van der Waals surface area contributed by atoms with Gasteiger partial charge in [-0.05, 0) is 70.6 Å². The maximum atomic E-state index is 13.2. The van der Waals surface area contributed by atoms with Crippen molar-refractivity contribution in [2.45, 2.75) is 103 Å². The third-order valence-electron chi connectivity index (χ3n) is 11.3. The Balaban J connectivity index is 1.48. The van der Waals surface area contributed by atoms with Gasteiger partial charge in [0, 0.05) is 24.2 Å². The molecule has 188 valence electrons. The maximum Gasteiger partial charge on any atom is 0.336 e. The number of ether oxygens (including phenoxy) is 1. The molecule has 0 amide bonds. The van der Waals surface area contributed by atoms with Gasteiger partial charge in [-0.15, -0.1) is 0 Å². The zero-order chi connectivity index (χ0) is 24.7. The lowest BCUT2D eigenvalue weighted by Gasteiger charge is -2.62. The second-order valence-corrected chi connectivity index (χ2v) is 12.2. The number of hydrogen-bond donors (Lipinski definition) is 3. The summed E-state index contributed by atoms with van der Waals surface area (Å²) >= 11 is 0. The Morgan fingerprint density at radius 3 is 2.53 bits per heavy atom. The van der Waals surface area contributed by atoms with Gasteiger partial charge in [0.05, 0.1) is 28.8 Å². The molecule has 5 rings (SSSR count). The van der Waals surface area contributed by atoms with Crippen molar-refractivity contribution in [2.75, 3.05) is 6.61 Å². The van der Waals surface area contributed by atoms with Crippen molar-refractivity contribution < 1.29 is 29.6 Å². The van der Waals surface area contributed by atoms with Crippen LogP contribution in [0, 0.1) is 28.6 Å². The van der Waals surface area contributed by atoms with Crippen molar-refractivity contribution in [2.24, 2.45) is 28.6 Å². The van der Waals surface area contributed by atoms with Crippen LogP contribution in [0.3, 0.4) is 0 Å². The van der Waals surface area contributed by atoms with Gasteiger partial charge >= 0.3 is 5.97 Å². The van der Waals surface area contributed by atoms with Crippen molar-refractivity contribution in [3.8, 4) is 0 Å². The molecule has 0 spiro atoms. The molecular formula is C28H40O6. The van der Waals surface area contributed by atoms with E-state index in [1.165, 1.54) is 5.57 Å². The number of carbonyl (C=O) groups excluding carboxylic acids is 2. The van der Waals surface area contributed by atoms with E-state index in [9.17, 15) is 24.9 Å². The van der Waals surface area contributed by atoms with Crippen molar-refractivity contribution >= 4 is 11.8 Å².